The summed E-state index contributed by atoms with van der Waals surface area (Å²) in [7, 11) is 0. The van der Waals surface area contributed by atoms with Gasteiger partial charge >= 0.3 is 0 Å². The number of rotatable bonds is 7. The number of likely N-dealkylation sites (tertiary alicyclic amines) is 1. The molecule has 1 aliphatic rings. The van der Waals surface area contributed by atoms with E-state index in [1.54, 1.807) is 0 Å². The first-order valence-electron chi connectivity index (χ1n) is 7.41. The molecule has 0 aliphatic carbocycles. The first-order valence-corrected chi connectivity index (χ1v) is 7.41. The Balaban J connectivity index is 1.75. The van der Waals surface area contributed by atoms with Gasteiger partial charge in [-0.1, -0.05) is 30.3 Å². The van der Waals surface area contributed by atoms with E-state index in [1.165, 1.54) is 5.56 Å². The normalized spacial score (nSPS) is 20.4. The van der Waals surface area contributed by atoms with Crippen molar-refractivity contribution in [2.24, 2.45) is 0 Å². The maximum absolute atomic E-state index is 9.33. The smallest absolute Gasteiger partial charge is 0.0633 e. The molecule has 1 fully saturated rings. The average molecular weight is 278 g/mol. The minimum atomic E-state index is -0.569. The van der Waals surface area contributed by atoms with Crippen LogP contribution < -0.4 is 5.32 Å². The van der Waals surface area contributed by atoms with Gasteiger partial charge in [0, 0.05) is 19.1 Å². The van der Waals surface area contributed by atoms with Crippen LogP contribution in [0.2, 0.25) is 0 Å². The summed E-state index contributed by atoms with van der Waals surface area (Å²) in [5, 5.41) is 22.0. The van der Waals surface area contributed by atoms with Gasteiger partial charge in [-0.2, -0.15) is 0 Å². The summed E-state index contributed by atoms with van der Waals surface area (Å²) < 4.78 is 0. The van der Waals surface area contributed by atoms with Crippen molar-refractivity contribution in [1.82, 2.24) is 10.2 Å². The van der Waals surface area contributed by atoms with E-state index >= 15 is 0 Å². The standard InChI is InChI=1S/C16H26N2O2/c1-16(12-19,13-20)17-15-8-10-18(11-15)9-7-14-5-3-2-4-6-14/h2-6,15,17,19-20H,7-13H2,1H3. The largest absolute Gasteiger partial charge is 0.394 e. The summed E-state index contributed by atoms with van der Waals surface area (Å²) in [6.07, 6.45) is 2.15. The molecule has 112 valence electrons. The third-order valence-corrected chi connectivity index (χ3v) is 4.08. The van der Waals surface area contributed by atoms with Gasteiger partial charge in [0.2, 0.25) is 0 Å². The topological polar surface area (TPSA) is 55.7 Å². The predicted molar refractivity (Wildman–Crippen MR) is 80.7 cm³/mol. The molecule has 1 atom stereocenters. The summed E-state index contributed by atoms with van der Waals surface area (Å²) in [5.41, 5.74) is 0.805. The molecule has 4 heteroatoms. The van der Waals surface area contributed by atoms with Crippen molar-refractivity contribution >= 4 is 0 Å². The van der Waals surface area contributed by atoms with Crippen molar-refractivity contribution in [2.45, 2.75) is 31.3 Å². The van der Waals surface area contributed by atoms with E-state index in [0.29, 0.717) is 6.04 Å². The van der Waals surface area contributed by atoms with Crippen molar-refractivity contribution in [1.29, 1.82) is 0 Å². The molecule has 0 spiro atoms. The first kappa shape index (κ1) is 15.4. The Morgan fingerprint density at radius 2 is 1.95 bits per heavy atom. The lowest BCUT2D eigenvalue weighted by atomic mass is 10.0. The minimum Gasteiger partial charge on any atom is -0.394 e. The van der Waals surface area contributed by atoms with Crippen LogP contribution in [-0.2, 0) is 6.42 Å². The Morgan fingerprint density at radius 1 is 1.25 bits per heavy atom. The van der Waals surface area contributed by atoms with Gasteiger partial charge in [-0.25, -0.2) is 0 Å². The fraction of sp³-hybridized carbons (Fsp3) is 0.625. The highest BCUT2D eigenvalue weighted by atomic mass is 16.3. The van der Waals surface area contributed by atoms with Gasteiger partial charge in [0.1, 0.15) is 0 Å². The predicted octanol–water partition coefficient (Wildman–Crippen LogP) is 0.636. The van der Waals surface area contributed by atoms with Crippen LogP contribution in [0.15, 0.2) is 30.3 Å². The van der Waals surface area contributed by atoms with Crippen LogP contribution in [0, 0.1) is 0 Å². The number of nitrogens with zero attached hydrogens (tertiary/aromatic N) is 1. The molecule has 1 unspecified atom stereocenters. The molecular formula is C16H26N2O2. The van der Waals surface area contributed by atoms with Crippen molar-refractivity contribution in [3.8, 4) is 0 Å². The fourth-order valence-electron chi connectivity index (χ4n) is 2.72. The molecule has 3 N–H and O–H groups in total. The first-order chi connectivity index (χ1) is 9.65. The minimum absolute atomic E-state index is 0.0377. The quantitative estimate of drug-likeness (QED) is 0.685. The van der Waals surface area contributed by atoms with Gasteiger partial charge in [-0.15, -0.1) is 0 Å². The average Bonchev–Trinajstić information content (AvgIpc) is 2.93. The summed E-state index contributed by atoms with van der Waals surface area (Å²) in [5.74, 6) is 0. The lowest BCUT2D eigenvalue weighted by Crippen LogP contribution is -2.54. The van der Waals surface area contributed by atoms with Crippen LogP contribution in [0.3, 0.4) is 0 Å². The van der Waals surface area contributed by atoms with Gasteiger partial charge in [0.15, 0.2) is 0 Å². The van der Waals surface area contributed by atoms with E-state index in [1.807, 2.05) is 13.0 Å². The van der Waals surface area contributed by atoms with Crippen LogP contribution in [-0.4, -0.2) is 59.5 Å². The number of hydrogen-bond acceptors (Lipinski definition) is 4. The zero-order valence-corrected chi connectivity index (χ0v) is 12.3. The summed E-state index contributed by atoms with van der Waals surface area (Å²) in [4.78, 5) is 2.44. The third kappa shape index (κ3) is 4.28. The Labute approximate surface area is 121 Å². The molecule has 0 amide bonds. The second kappa shape index (κ2) is 7.18. The summed E-state index contributed by atoms with van der Waals surface area (Å²) >= 11 is 0. The van der Waals surface area contributed by atoms with Crippen LogP contribution in [0.1, 0.15) is 18.9 Å². The van der Waals surface area contributed by atoms with Gasteiger partial charge in [0.05, 0.1) is 18.8 Å². The maximum atomic E-state index is 9.33. The summed E-state index contributed by atoms with van der Waals surface area (Å²) in [6, 6.07) is 10.9. The van der Waals surface area contributed by atoms with Crippen LogP contribution >= 0.6 is 0 Å². The van der Waals surface area contributed by atoms with E-state index in [2.05, 4.69) is 34.5 Å². The number of aliphatic hydroxyl groups excluding tert-OH is 2. The molecule has 1 heterocycles. The van der Waals surface area contributed by atoms with Crippen LogP contribution in [0.4, 0.5) is 0 Å². The Kier molecular flexibility index (Phi) is 5.54. The number of aliphatic hydroxyl groups is 2. The molecule has 0 bridgehead atoms. The Bertz CT molecular complexity index is 393. The van der Waals surface area contributed by atoms with Crippen LogP contribution in [0.5, 0.6) is 0 Å². The SMILES string of the molecule is CC(CO)(CO)NC1CCN(CCc2ccccc2)C1. The zero-order chi connectivity index (χ0) is 14.4. The second-order valence-electron chi connectivity index (χ2n) is 6.04. The van der Waals surface area contributed by atoms with Gasteiger partial charge in [-0.3, -0.25) is 0 Å². The van der Waals surface area contributed by atoms with Gasteiger partial charge < -0.3 is 20.4 Å². The molecule has 0 aromatic heterocycles. The molecule has 1 aliphatic heterocycles. The monoisotopic (exact) mass is 278 g/mol. The van der Waals surface area contributed by atoms with Gasteiger partial charge in [-0.05, 0) is 31.9 Å². The molecule has 4 nitrogen and oxygen atoms in total. The molecule has 1 aromatic carbocycles. The zero-order valence-electron chi connectivity index (χ0n) is 12.3. The Hall–Kier alpha value is -0.940. The molecule has 1 saturated heterocycles. The molecule has 0 radical (unpaired) electrons. The Morgan fingerprint density at radius 3 is 2.60 bits per heavy atom. The number of nitrogens with one attached hydrogen (secondary N) is 1. The van der Waals surface area contributed by atoms with E-state index < -0.39 is 5.54 Å². The molecule has 2 rings (SSSR count). The maximum Gasteiger partial charge on any atom is 0.0633 e. The second-order valence-corrected chi connectivity index (χ2v) is 6.04. The van der Waals surface area contributed by atoms with E-state index in [-0.39, 0.29) is 13.2 Å². The molecule has 0 saturated carbocycles. The number of hydrogen-bond donors (Lipinski definition) is 3. The van der Waals surface area contributed by atoms with E-state index in [9.17, 15) is 10.2 Å². The van der Waals surface area contributed by atoms with Gasteiger partial charge in [0.25, 0.3) is 0 Å². The summed E-state index contributed by atoms with van der Waals surface area (Å²) in [6.45, 7) is 4.92. The van der Waals surface area contributed by atoms with Crippen molar-refractivity contribution in [3.05, 3.63) is 35.9 Å². The molecule has 1 aromatic rings. The van der Waals surface area contributed by atoms with Crippen molar-refractivity contribution in [3.63, 3.8) is 0 Å². The van der Waals surface area contributed by atoms with Crippen molar-refractivity contribution < 1.29 is 10.2 Å². The lowest BCUT2D eigenvalue weighted by molar-refractivity contribution is 0.0944. The van der Waals surface area contributed by atoms with Crippen LogP contribution in [0.25, 0.3) is 0 Å². The van der Waals surface area contributed by atoms with E-state index in [4.69, 9.17) is 0 Å². The third-order valence-electron chi connectivity index (χ3n) is 4.08. The number of benzene rings is 1. The van der Waals surface area contributed by atoms with E-state index in [0.717, 1.165) is 32.5 Å². The fourth-order valence-corrected chi connectivity index (χ4v) is 2.72. The highest BCUT2D eigenvalue weighted by molar-refractivity contribution is 5.14. The van der Waals surface area contributed by atoms with Crippen molar-refractivity contribution in [2.75, 3.05) is 32.8 Å². The lowest BCUT2D eigenvalue weighted by Gasteiger charge is -2.30. The molecular weight excluding hydrogens is 252 g/mol. The highest BCUT2D eigenvalue weighted by Crippen LogP contribution is 2.14. The highest BCUT2D eigenvalue weighted by Gasteiger charge is 2.30. The molecule has 20 heavy (non-hydrogen) atoms.